The van der Waals surface area contributed by atoms with Crippen molar-refractivity contribution in [2.24, 2.45) is 0 Å². The first-order valence-corrected chi connectivity index (χ1v) is 16.5. The molecule has 0 unspecified atom stereocenters. The summed E-state index contributed by atoms with van der Waals surface area (Å²) in [5, 5.41) is 1.04. The van der Waals surface area contributed by atoms with Gasteiger partial charge in [0.2, 0.25) is 16.7 Å². The number of ether oxygens (including phenoxy) is 1. The highest BCUT2D eigenvalue weighted by atomic mass is 16.5. The van der Waals surface area contributed by atoms with E-state index in [1.54, 1.807) is 49.7 Å². The molecule has 0 amide bonds. The fourth-order valence-electron chi connectivity index (χ4n) is 5.88. The van der Waals surface area contributed by atoms with Gasteiger partial charge in [0.05, 0.1) is 36.0 Å². The topological polar surface area (TPSA) is 111 Å². The lowest BCUT2D eigenvalue weighted by Gasteiger charge is -2.14. The average Bonchev–Trinajstić information content (AvgIpc) is 3.15. The third-order valence-electron chi connectivity index (χ3n) is 9.13. The Morgan fingerprint density at radius 1 is 0.667 bits per heavy atom. The molecule has 254 valence electrons. The molecule has 0 radical (unpaired) electrons. The van der Waals surface area contributed by atoms with Gasteiger partial charge in [-0.05, 0) is 92.4 Å². The van der Waals surface area contributed by atoms with Gasteiger partial charge in [0.15, 0.2) is 11.6 Å². The lowest BCUT2D eigenvalue weighted by Crippen LogP contribution is -2.20. The Kier molecular flexibility index (Phi) is 9.86. The number of nitrogens with one attached hydrogen (secondary N) is 1. The van der Waals surface area contributed by atoms with E-state index in [2.05, 4.69) is 9.97 Å². The van der Waals surface area contributed by atoms with Crippen LogP contribution in [-0.4, -0.2) is 33.2 Å². The maximum Gasteiger partial charge on any atom is 0.213 e. The van der Waals surface area contributed by atoms with Crippen molar-refractivity contribution in [1.29, 1.82) is 0 Å². The fourth-order valence-corrected chi connectivity index (χ4v) is 5.88. The molecule has 8 heteroatoms. The molecular weight excluding hydrogens is 638 g/mol. The number of hydrogen-bond donors (Lipinski definition) is 1. The first-order chi connectivity index (χ1) is 24.5. The third-order valence-corrected chi connectivity index (χ3v) is 9.13. The second-order valence-corrected chi connectivity index (χ2v) is 12.5. The molecule has 3 heterocycles. The van der Waals surface area contributed by atoms with Crippen LogP contribution in [-0.2, 0) is 6.54 Å². The van der Waals surface area contributed by atoms with E-state index in [1.807, 2.05) is 99.0 Å². The molecule has 7 aromatic rings. The summed E-state index contributed by atoms with van der Waals surface area (Å²) < 4.78 is 7.11. The lowest BCUT2D eigenvalue weighted by molar-refractivity contribution is 0.102. The van der Waals surface area contributed by atoms with Crippen molar-refractivity contribution in [2.45, 2.75) is 34.2 Å². The lowest BCUT2D eigenvalue weighted by atomic mass is 9.99. The Bertz CT molecular complexity index is 2580. The number of aromatic amines is 1. The SMILES string of the molecule is COc1cccc(Cn2cc(C(=O)c3ccc(C)c(C)c3)c(=O)c3ccccc32)n1.Cc1ccc(C(=O)c2c[nH]c3ccccc3c2=O)cc1C. The summed E-state index contributed by atoms with van der Waals surface area (Å²) >= 11 is 0. The van der Waals surface area contributed by atoms with Gasteiger partial charge in [-0.1, -0.05) is 54.6 Å². The number of rotatable bonds is 7. The van der Waals surface area contributed by atoms with Crippen molar-refractivity contribution in [3.05, 3.63) is 186 Å². The molecule has 3 aromatic heterocycles. The molecule has 0 saturated heterocycles. The zero-order chi connectivity index (χ0) is 36.2. The van der Waals surface area contributed by atoms with Gasteiger partial charge in [-0.3, -0.25) is 19.2 Å². The molecule has 0 atom stereocenters. The quantitative estimate of drug-likeness (QED) is 0.174. The number of H-pyrrole nitrogens is 1. The second-order valence-electron chi connectivity index (χ2n) is 12.5. The summed E-state index contributed by atoms with van der Waals surface area (Å²) in [7, 11) is 1.57. The molecule has 0 fully saturated rings. The Balaban J connectivity index is 0.000000187. The van der Waals surface area contributed by atoms with E-state index in [9.17, 15) is 19.2 Å². The average molecular weight is 676 g/mol. The van der Waals surface area contributed by atoms with Gasteiger partial charge in [0.25, 0.3) is 0 Å². The van der Waals surface area contributed by atoms with E-state index in [0.717, 1.165) is 39.0 Å². The van der Waals surface area contributed by atoms with E-state index in [1.165, 1.54) is 6.20 Å². The van der Waals surface area contributed by atoms with E-state index in [4.69, 9.17) is 4.74 Å². The van der Waals surface area contributed by atoms with Crippen LogP contribution in [0.15, 0.2) is 125 Å². The zero-order valence-electron chi connectivity index (χ0n) is 29.1. The zero-order valence-corrected chi connectivity index (χ0v) is 29.1. The Hall–Kier alpha value is -6.41. The van der Waals surface area contributed by atoms with Crippen molar-refractivity contribution in [2.75, 3.05) is 7.11 Å². The van der Waals surface area contributed by atoms with Gasteiger partial charge >= 0.3 is 0 Å². The molecule has 0 saturated carbocycles. The van der Waals surface area contributed by atoms with Crippen molar-refractivity contribution in [3.8, 4) is 5.88 Å². The standard InChI is InChI=1S/C25H22N2O3.C18H15NO2/c1-16-11-12-18(13-17(16)2)24(28)21-15-27(14-19-7-6-10-23(26-19)30-3)22-9-5-4-8-20(22)25(21)29;1-11-7-8-13(9-12(11)2)17(20)15-10-19-16-6-4-3-5-14(16)18(15)21/h4-13,15H,14H2,1-3H3;3-10H,1-2H3,(H,19,21). The highest BCUT2D eigenvalue weighted by molar-refractivity contribution is 6.11. The van der Waals surface area contributed by atoms with E-state index >= 15 is 0 Å². The number of para-hydroxylation sites is 2. The Morgan fingerprint density at radius 3 is 1.90 bits per heavy atom. The molecular formula is C43H37N3O5. The molecule has 0 bridgehead atoms. The summed E-state index contributed by atoms with van der Waals surface area (Å²) in [6.45, 7) is 8.31. The van der Waals surface area contributed by atoms with Gasteiger partial charge in [0, 0.05) is 45.9 Å². The van der Waals surface area contributed by atoms with E-state index in [0.29, 0.717) is 34.3 Å². The smallest absolute Gasteiger partial charge is 0.213 e. The maximum atomic E-state index is 13.2. The number of benzene rings is 4. The summed E-state index contributed by atoms with van der Waals surface area (Å²) in [5.74, 6) is -0.00408. The second kappa shape index (κ2) is 14.6. The first-order valence-electron chi connectivity index (χ1n) is 16.5. The number of carbonyl (C=O) groups is 2. The Labute approximate surface area is 295 Å². The summed E-state index contributed by atoms with van der Waals surface area (Å²) in [5.41, 5.74) is 7.44. The van der Waals surface area contributed by atoms with E-state index < -0.39 is 0 Å². The fraction of sp³-hybridized carbons (Fsp3) is 0.140. The third kappa shape index (κ3) is 7.16. The number of ketones is 2. The number of carbonyl (C=O) groups excluding carboxylic acids is 2. The molecule has 1 N–H and O–H groups in total. The van der Waals surface area contributed by atoms with Gasteiger partial charge in [-0.2, -0.15) is 0 Å². The molecule has 0 spiro atoms. The minimum Gasteiger partial charge on any atom is -0.481 e. The summed E-state index contributed by atoms with van der Waals surface area (Å²) in [6, 6.07) is 31.0. The van der Waals surface area contributed by atoms with Crippen LogP contribution in [0, 0.1) is 27.7 Å². The minimum atomic E-state index is -0.277. The van der Waals surface area contributed by atoms with Crippen molar-refractivity contribution < 1.29 is 14.3 Å². The van der Waals surface area contributed by atoms with Crippen LogP contribution in [0.2, 0.25) is 0 Å². The van der Waals surface area contributed by atoms with Crippen LogP contribution in [0.25, 0.3) is 21.8 Å². The monoisotopic (exact) mass is 675 g/mol. The number of hydrogen-bond acceptors (Lipinski definition) is 6. The first kappa shape index (κ1) is 34.5. The molecule has 51 heavy (non-hydrogen) atoms. The molecule has 0 aliphatic heterocycles. The number of aryl methyl sites for hydroxylation is 4. The minimum absolute atomic E-state index is 0.153. The highest BCUT2D eigenvalue weighted by Crippen LogP contribution is 2.19. The van der Waals surface area contributed by atoms with Crippen molar-refractivity contribution in [3.63, 3.8) is 0 Å². The Morgan fingerprint density at radius 2 is 1.25 bits per heavy atom. The molecule has 7 rings (SSSR count). The largest absolute Gasteiger partial charge is 0.481 e. The van der Waals surface area contributed by atoms with Crippen molar-refractivity contribution >= 4 is 33.4 Å². The highest BCUT2D eigenvalue weighted by Gasteiger charge is 2.18. The molecule has 4 aromatic carbocycles. The van der Waals surface area contributed by atoms with Crippen LogP contribution < -0.4 is 15.6 Å². The predicted octanol–water partition coefficient (Wildman–Crippen LogP) is 7.68. The molecule has 8 nitrogen and oxygen atoms in total. The van der Waals surface area contributed by atoms with Crippen LogP contribution in [0.3, 0.4) is 0 Å². The van der Waals surface area contributed by atoms with E-state index in [-0.39, 0.29) is 33.6 Å². The summed E-state index contributed by atoms with van der Waals surface area (Å²) in [6.07, 6.45) is 3.14. The van der Waals surface area contributed by atoms with Crippen molar-refractivity contribution in [1.82, 2.24) is 14.5 Å². The van der Waals surface area contributed by atoms with Gasteiger partial charge in [0.1, 0.15) is 0 Å². The number of fused-ring (bicyclic) bond motifs is 2. The molecule has 0 aliphatic rings. The molecule has 0 aliphatic carbocycles. The van der Waals surface area contributed by atoms with Crippen LogP contribution in [0.5, 0.6) is 5.88 Å². The normalized spacial score (nSPS) is 10.8. The van der Waals surface area contributed by atoms with Crippen LogP contribution in [0.4, 0.5) is 0 Å². The van der Waals surface area contributed by atoms with Crippen LogP contribution >= 0.6 is 0 Å². The van der Waals surface area contributed by atoms with Gasteiger partial charge in [-0.25, -0.2) is 4.98 Å². The van der Waals surface area contributed by atoms with Gasteiger partial charge in [-0.15, -0.1) is 0 Å². The van der Waals surface area contributed by atoms with Gasteiger partial charge < -0.3 is 14.3 Å². The number of aromatic nitrogens is 3. The number of methoxy groups -OCH3 is 1. The number of nitrogens with zero attached hydrogens (tertiary/aromatic N) is 2. The van der Waals surface area contributed by atoms with Crippen LogP contribution in [0.1, 0.15) is 59.8 Å². The number of pyridine rings is 3. The predicted molar refractivity (Wildman–Crippen MR) is 201 cm³/mol. The maximum absolute atomic E-state index is 13.2. The summed E-state index contributed by atoms with van der Waals surface area (Å²) in [4.78, 5) is 58.8.